The van der Waals surface area contributed by atoms with E-state index in [1.54, 1.807) is 24.1 Å². The fourth-order valence-corrected chi connectivity index (χ4v) is 2.06. The van der Waals surface area contributed by atoms with Crippen LogP contribution in [-0.4, -0.2) is 35.3 Å². The summed E-state index contributed by atoms with van der Waals surface area (Å²) in [6, 6.07) is 6.23. The highest BCUT2D eigenvalue weighted by Crippen LogP contribution is 2.19. The molecule has 1 heterocycles. The second-order valence-corrected chi connectivity index (χ2v) is 4.83. The summed E-state index contributed by atoms with van der Waals surface area (Å²) in [4.78, 5) is 23.4. The summed E-state index contributed by atoms with van der Waals surface area (Å²) >= 11 is 0. The van der Waals surface area contributed by atoms with Crippen LogP contribution in [0, 0.1) is 0 Å². The lowest BCUT2D eigenvalue weighted by Crippen LogP contribution is -2.41. The Kier molecular flexibility index (Phi) is 4.57. The summed E-state index contributed by atoms with van der Waals surface area (Å²) in [5.74, 6) is -1.06. The van der Waals surface area contributed by atoms with Crippen LogP contribution in [0.3, 0.4) is 0 Å². The number of rotatable bonds is 3. The van der Waals surface area contributed by atoms with Gasteiger partial charge >= 0.3 is 12.1 Å². The minimum atomic E-state index is -0.748. The van der Waals surface area contributed by atoms with E-state index in [1.165, 1.54) is 12.1 Å². The zero-order valence-electron chi connectivity index (χ0n) is 11.3. The van der Waals surface area contributed by atoms with Crippen molar-refractivity contribution in [2.24, 2.45) is 0 Å². The fourth-order valence-electron chi connectivity index (χ4n) is 2.06. The van der Waals surface area contributed by atoms with Gasteiger partial charge in [-0.25, -0.2) is 9.80 Å². The van der Waals surface area contributed by atoms with Crippen molar-refractivity contribution in [1.29, 1.82) is 0 Å². The van der Waals surface area contributed by atoms with Gasteiger partial charge in [0.1, 0.15) is 5.75 Å². The molecule has 6 nitrogen and oxygen atoms in total. The molecule has 1 aromatic rings. The van der Waals surface area contributed by atoms with Crippen LogP contribution in [-0.2, 0) is 9.53 Å². The number of phenols is 1. The maximum atomic E-state index is 11.8. The maximum absolute atomic E-state index is 11.8. The number of amides is 1. The average Bonchev–Trinajstić information content (AvgIpc) is 2.91. The summed E-state index contributed by atoms with van der Waals surface area (Å²) in [5.41, 5.74) is 3.22. The molecule has 20 heavy (non-hydrogen) atoms. The van der Waals surface area contributed by atoms with Crippen molar-refractivity contribution in [2.75, 3.05) is 13.1 Å². The lowest BCUT2D eigenvalue weighted by Gasteiger charge is -2.16. The highest BCUT2D eigenvalue weighted by molar-refractivity contribution is 5.88. The molecule has 1 aliphatic heterocycles. The molecule has 108 valence electrons. The van der Waals surface area contributed by atoms with E-state index in [-0.39, 0.29) is 5.75 Å². The number of nitrogens with zero attached hydrogens (tertiary/aromatic N) is 1. The summed E-state index contributed by atoms with van der Waals surface area (Å²) < 4.78 is 4.77. The molecule has 0 bridgehead atoms. The number of ether oxygens (including phenoxy) is 1. The van der Waals surface area contributed by atoms with Crippen molar-refractivity contribution >= 4 is 12.1 Å². The first kappa shape index (κ1) is 14.3. The smallest absolute Gasteiger partial charge is 0.429 e. The Morgan fingerprint density at radius 1 is 1.25 bits per heavy atom. The van der Waals surface area contributed by atoms with Crippen LogP contribution in [0.4, 0.5) is 4.79 Å². The Labute approximate surface area is 117 Å². The molecule has 1 atom stereocenters. The minimum Gasteiger partial charge on any atom is -0.508 e. The molecule has 0 spiro atoms. The first-order valence-electron chi connectivity index (χ1n) is 6.62. The van der Waals surface area contributed by atoms with Gasteiger partial charge in [-0.3, -0.25) is 10.2 Å². The predicted molar refractivity (Wildman–Crippen MR) is 72.0 cm³/mol. The van der Waals surface area contributed by atoms with E-state index in [1.807, 2.05) is 0 Å². The van der Waals surface area contributed by atoms with Crippen LogP contribution in [0.1, 0.15) is 31.2 Å². The van der Waals surface area contributed by atoms with Crippen LogP contribution in [0.5, 0.6) is 5.75 Å². The van der Waals surface area contributed by atoms with E-state index in [0.29, 0.717) is 5.56 Å². The Hall–Kier alpha value is -2.08. The number of carbonyl (C=O) groups is 2. The summed E-state index contributed by atoms with van der Waals surface area (Å²) in [7, 11) is 0. The third kappa shape index (κ3) is 3.71. The molecule has 2 N–H and O–H groups in total. The number of benzene rings is 1. The largest absolute Gasteiger partial charge is 0.508 e. The normalized spacial score (nSPS) is 16.6. The number of nitrogens with one attached hydrogen (secondary N) is 1. The number of aromatic hydroxyl groups is 1. The van der Waals surface area contributed by atoms with Gasteiger partial charge in [0.2, 0.25) is 0 Å². The van der Waals surface area contributed by atoms with Crippen LogP contribution in [0.2, 0.25) is 0 Å². The molecule has 1 amide bonds. The van der Waals surface area contributed by atoms with E-state index in [4.69, 9.17) is 4.74 Å². The van der Waals surface area contributed by atoms with Crippen LogP contribution < -0.4 is 5.43 Å². The molecule has 1 unspecified atom stereocenters. The molecule has 1 aliphatic rings. The molecule has 2 rings (SSSR count). The minimum absolute atomic E-state index is 0.126. The van der Waals surface area contributed by atoms with E-state index < -0.39 is 18.0 Å². The SMILES string of the molecule is CC(C(=O)OC(=O)NN1CCCC1)c1ccc(O)cc1. The summed E-state index contributed by atoms with van der Waals surface area (Å²) in [5, 5.41) is 10.9. The highest BCUT2D eigenvalue weighted by atomic mass is 16.6. The molecular formula is C14H18N2O4. The maximum Gasteiger partial charge on any atom is 0.429 e. The van der Waals surface area contributed by atoms with Crippen molar-refractivity contribution < 1.29 is 19.4 Å². The predicted octanol–water partition coefficient (Wildman–Crippen LogP) is 1.76. The third-order valence-electron chi connectivity index (χ3n) is 3.30. The monoisotopic (exact) mass is 278 g/mol. The lowest BCUT2D eigenvalue weighted by atomic mass is 10.0. The van der Waals surface area contributed by atoms with Gasteiger partial charge in [-0.15, -0.1) is 0 Å². The third-order valence-corrected chi connectivity index (χ3v) is 3.30. The summed E-state index contributed by atoms with van der Waals surface area (Å²) in [6.45, 7) is 3.20. The number of esters is 1. The molecule has 0 aromatic heterocycles. The number of hydrogen-bond donors (Lipinski definition) is 2. The lowest BCUT2D eigenvalue weighted by molar-refractivity contribution is -0.139. The number of hydrazine groups is 1. The molecule has 1 saturated heterocycles. The Balaban J connectivity index is 1.86. The molecular weight excluding hydrogens is 260 g/mol. The van der Waals surface area contributed by atoms with Crippen molar-refractivity contribution in [3.05, 3.63) is 29.8 Å². The van der Waals surface area contributed by atoms with Gasteiger partial charge in [-0.05, 0) is 37.5 Å². The molecule has 0 saturated carbocycles. The zero-order valence-corrected chi connectivity index (χ0v) is 11.3. The Morgan fingerprint density at radius 2 is 1.85 bits per heavy atom. The highest BCUT2D eigenvalue weighted by Gasteiger charge is 2.22. The second-order valence-electron chi connectivity index (χ2n) is 4.83. The summed E-state index contributed by atoms with van der Waals surface area (Å²) in [6.07, 6.45) is 1.30. The van der Waals surface area contributed by atoms with Gasteiger partial charge < -0.3 is 9.84 Å². The van der Waals surface area contributed by atoms with Crippen LogP contribution in [0.25, 0.3) is 0 Å². The van der Waals surface area contributed by atoms with E-state index >= 15 is 0 Å². The Morgan fingerprint density at radius 3 is 2.45 bits per heavy atom. The van der Waals surface area contributed by atoms with Gasteiger partial charge in [0.05, 0.1) is 5.92 Å². The number of carbonyl (C=O) groups excluding carboxylic acids is 2. The van der Waals surface area contributed by atoms with Crippen LogP contribution in [0.15, 0.2) is 24.3 Å². The van der Waals surface area contributed by atoms with Crippen molar-refractivity contribution in [3.63, 3.8) is 0 Å². The molecule has 6 heteroatoms. The van der Waals surface area contributed by atoms with Crippen molar-refractivity contribution in [1.82, 2.24) is 10.4 Å². The standard InChI is InChI=1S/C14H18N2O4/c1-10(11-4-6-12(17)7-5-11)13(18)20-14(19)15-16-8-2-3-9-16/h4-7,10,17H,2-3,8-9H2,1H3,(H,15,19). The van der Waals surface area contributed by atoms with Crippen molar-refractivity contribution in [3.8, 4) is 5.75 Å². The molecule has 0 aliphatic carbocycles. The zero-order chi connectivity index (χ0) is 14.5. The van der Waals surface area contributed by atoms with Gasteiger partial charge in [0.25, 0.3) is 0 Å². The van der Waals surface area contributed by atoms with Gasteiger partial charge in [-0.2, -0.15) is 0 Å². The van der Waals surface area contributed by atoms with Crippen molar-refractivity contribution in [2.45, 2.75) is 25.7 Å². The molecule has 1 aromatic carbocycles. The molecule has 0 radical (unpaired) electrons. The van der Waals surface area contributed by atoms with E-state index in [2.05, 4.69) is 5.43 Å². The fraction of sp³-hybridized carbons (Fsp3) is 0.429. The Bertz CT molecular complexity index is 480. The van der Waals surface area contributed by atoms with Gasteiger partial charge in [0, 0.05) is 13.1 Å². The van der Waals surface area contributed by atoms with E-state index in [9.17, 15) is 14.7 Å². The van der Waals surface area contributed by atoms with E-state index in [0.717, 1.165) is 25.9 Å². The first-order valence-corrected chi connectivity index (χ1v) is 6.62. The molecule has 1 fully saturated rings. The second kappa shape index (κ2) is 6.38. The van der Waals surface area contributed by atoms with Gasteiger partial charge in [-0.1, -0.05) is 12.1 Å². The number of hydrogen-bond acceptors (Lipinski definition) is 5. The first-order chi connectivity index (χ1) is 9.56. The van der Waals surface area contributed by atoms with Crippen LogP contribution >= 0.6 is 0 Å². The number of phenolic OH excluding ortho intramolecular Hbond substituents is 1. The average molecular weight is 278 g/mol. The topological polar surface area (TPSA) is 78.9 Å². The quantitative estimate of drug-likeness (QED) is 0.650. The van der Waals surface area contributed by atoms with Gasteiger partial charge in [0.15, 0.2) is 0 Å².